The van der Waals surface area contributed by atoms with Crippen LogP contribution in [0.4, 0.5) is 0 Å². The van der Waals surface area contributed by atoms with Crippen LogP contribution in [-0.4, -0.2) is 30.6 Å². The number of nitrogens with one attached hydrogen (secondary N) is 1. The lowest BCUT2D eigenvalue weighted by Gasteiger charge is -2.42. The molecule has 0 spiro atoms. The third-order valence-corrected chi connectivity index (χ3v) is 6.13. The monoisotopic (exact) mass is 350 g/mol. The van der Waals surface area contributed by atoms with Gasteiger partial charge in [0, 0.05) is 31.2 Å². The Hall–Kier alpha value is -1.84. The molecule has 0 saturated carbocycles. The molecule has 2 aromatic carbocycles. The molecule has 0 radical (unpaired) electrons. The van der Waals surface area contributed by atoms with Crippen molar-refractivity contribution in [1.82, 2.24) is 10.2 Å². The highest BCUT2D eigenvalue weighted by Gasteiger charge is 2.43. The van der Waals surface area contributed by atoms with Crippen LogP contribution in [0.5, 0.6) is 5.75 Å². The number of fused-ring (bicyclic) bond motifs is 2. The third kappa shape index (κ3) is 3.26. The highest BCUT2D eigenvalue weighted by molar-refractivity contribution is 5.35. The van der Waals surface area contributed by atoms with Crippen LogP contribution in [0.15, 0.2) is 48.5 Å². The second-order valence-electron chi connectivity index (χ2n) is 7.99. The van der Waals surface area contributed by atoms with E-state index in [9.17, 15) is 0 Å². The lowest BCUT2D eigenvalue weighted by atomic mass is 9.88. The predicted molar refractivity (Wildman–Crippen MR) is 107 cm³/mol. The first-order valence-electron chi connectivity index (χ1n) is 9.88. The summed E-state index contributed by atoms with van der Waals surface area (Å²) in [6.45, 7) is 6.72. The van der Waals surface area contributed by atoms with E-state index in [1.54, 1.807) is 7.11 Å². The molecule has 2 saturated heterocycles. The topological polar surface area (TPSA) is 24.5 Å². The zero-order valence-electron chi connectivity index (χ0n) is 16.1. The van der Waals surface area contributed by atoms with Crippen LogP contribution in [0.25, 0.3) is 0 Å². The molecule has 26 heavy (non-hydrogen) atoms. The van der Waals surface area contributed by atoms with Crippen molar-refractivity contribution in [1.29, 1.82) is 0 Å². The Morgan fingerprint density at radius 2 is 1.85 bits per heavy atom. The molecule has 0 aromatic heterocycles. The van der Waals surface area contributed by atoms with Crippen molar-refractivity contribution in [2.45, 2.75) is 57.3 Å². The standard InChI is InChI=1S/C23H30N2O/c1-16(2)20-6-4-5-7-21(20)23-22-13-10-18(14-24-23)25(22)15-17-8-11-19(26-3)12-9-17/h4-9,11-12,16,18,22-24H,10,13-15H2,1-3H3. The minimum absolute atomic E-state index is 0.436. The zero-order chi connectivity index (χ0) is 18.1. The van der Waals surface area contributed by atoms with Crippen LogP contribution in [0.1, 0.15) is 55.3 Å². The number of rotatable bonds is 5. The summed E-state index contributed by atoms with van der Waals surface area (Å²) in [6, 6.07) is 19.2. The molecule has 2 aromatic rings. The molecule has 3 unspecified atom stereocenters. The first kappa shape index (κ1) is 17.6. The Morgan fingerprint density at radius 1 is 1.08 bits per heavy atom. The molecule has 2 fully saturated rings. The fourth-order valence-electron chi connectivity index (χ4n) is 4.77. The second-order valence-corrected chi connectivity index (χ2v) is 7.99. The van der Waals surface area contributed by atoms with Crippen molar-refractivity contribution in [3.05, 3.63) is 65.2 Å². The van der Waals surface area contributed by atoms with Gasteiger partial charge in [0.05, 0.1) is 7.11 Å². The molecule has 0 amide bonds. The minimum Gasteiger partial charge on any atom is -0.497 e. The molecule has 3 nitrogen and oxygen atoms in total. The maximum atomic E-state index is 5.30. The van der Waals surface area contributed by atoms with E-state index in [2.05, 4.69) is 72.6 Å². The molecule has 4 rings (SSSR count). The molecule has 138 valence electrons. The van der Waals surface area contributed by atoms with E-state index < -0.39 is 0 Å². The van der Waals surface area contributed by atoms with Gasteiger partial charge < -0.3 is 10.1 Å². The van der Waals surface area contributed by atoms with E-state index in [1.807, 2.05) is 0 Å². The van der Waals surface area contributed by atoms with Crippen molar-refractivity contribution < 1.29 is 4.74 Å². The van der Waals surface area contributed by atoms with E-state index in [4.69, 9.17) is 4.74 Å². The summed E-state index contributed by atoms with van der Waals surface area (Å²) >= 11 is 0. The number of hydrogen-bond donors (Lipinski definition) is 1. The van der Waals surface area contributed by atoms with Gasteiger partial charge >= 0.3 is 0 Å². The lowest BCUT2D eigenvalue weighted by molar-refractivity contribution is 0.108. The number of hydrogen-bond acceptors (Lipinski definition) is 3. The van der Waals surface area contributed by atoms with Crippen molar-refractivity contribution in [2.24, 2.45) is 0 Å². The van der Waals surface area contributed by atoms with Crippen LogP contribution >= 0.6 is 0 Å². The first-order chi connectivity index (χ1) is 12.7. The minimum atomic E-state index is 0.436. The van der Waals surface area contributed by atoms with Crippen LogP contribution in [-0.2, 0) is 6.54 Å². The summed E-state index contributed by atoms with van der Waals surface area (Å²) in [5, 5.41) is 3.87. The zero-order valence-corrected chi connectivity index (χ0v) is 16.1. The first-order valence-corrected chi connectivity index (χ1v) is 9.88. The van der Waals surface area contributed by atoms with E-state index in [0.717, 1.165) is 18.8 Å². The average molecular weight is 351 g/mol. The van der Waals surface area contributed by atoms with E-state index in [-0.39, 0.29) is 0 Å². The van der Waals surface area contributed by atoms with Gasteiger partial charge in [-0.15, -0.1) is 0 Å². The number of benzene rings is 2. The molecular formula is C23H30N2O. The lowest BCUT2D eigenvalue weighted by Crippen LogP contribution is -2.53. The summed E-state index contributed by atoms with van der Waals surface area (Å²) in [7, 11) is 1.72. The van der Waals surface area contributed by atoms with Gasteiger partial charge in [0.1, 0.15) is 5.75 Å². The SMILES string of the molecule is COc1ccc(CN2C3CCC2C(c2ccccc2C(C)C)NC3)cc1. The smallest absolute Gasteiger partial charge is 0.118 e. The fraction of sp³-hybridized carbons (Fsp3) is 0.478. The van der Waals surface area contributed by atoms with Gasteiger partial charge in [-0.25, -0.2) is 0 Å². The molecule has 3 atom stereocenters. The molecule has 2 bridgehead atoms. The Balaban J connectivity index is 1.58. The van der Waals surface area contributed by atoms with Crippen molar-refractivity contribution in [3.8, 4) is 5.75 Å². The van der Waals surface area contributed by atoms with Crippen LogP contribution in [0.2, 0.25) is 0 Å². The number of methoxy groups -OCH3 is 1. The summed E-state index contributed by atoms with van der Waals surface area (Å²) < 4.78 is 5.30. The Labute approximate surface area is 157 Å². The third-order valence-electron chi connectivity index (χ3n) is 6.13. The maximum absolute atomic E-state index is 5.30. The Bertz CT molecular complexity index is 740. The molecule has 2 aliphatic heterocycles. The molecule has 0 aliphatic carbocycles. The van der Waals surface area contributed by atoms with E-state index in [0.29, 0.717) is 24.0 Å². The average Bonchev–Trinajstić information content (AvgIpc) is 2.92. The highest BCUT2D eigenvalue weighted by atomic mass is 16.5. The van der Waals surface area contributed by atoms with Crippen LogP contribution in [0, 0.1) is 0 Å². The molecule has 2 aliphatic rings. The molecule has 1 N–H and O–H groups in total. The summed E-state index contributed by atoms with van der Waals surface area (Å²) in [4.78, 5) is 2.74. The van der Waals surface area contributed by atoms with Gasteiger partial charge in [0.2, 0.25) is 0 Å². The second kappa shape index (κ2) is 7.42. The number of nitrogens with zero attached hydrogens (tertiary/aromatic N) is 1. The highest BCUT2D eigenvalue weighted by Crippen LogP contribution is 2.40. The maximum Gasteiger partial charge on any atom is 0.118 e. The normalized spacial score (nSPS) is 25.6. The van der Waals surface area contributed by atoms with E-state index in [1.165, 1.54) is 29.5 Å². The van der Waals surface area contributed by atoms with Gasteiger partial charge in [-0.2, -0.15) is 0 Å². The van der Waals surface area contributed by atoms with Crippen molar-refractivity contribution >= 4 is 0 Å². The van der Waals surface area contributed by atoms with Gasteiger partial charge in [-0.05, 0) is 47.6 Å². The Morgan fingerprint density at radius 3 is 2.58 bits per heavy atom. The summed E-state index contributed by atoms with van der Waals surface area (Å²) in [6.07, 6.45) is 2.58. The molecule has 3 heteroatoms. The van der Waals surface area contributed by atoms with Crippen molar-refractivity contribution in [3.63, 3.8) is 0 Å². The Kier molecular flexibility index (Phi) is 5.01. The van der Waals surface area contributed by atoms with Gasteiger partial charge in [-0.3, -0.25) is 4.90 Å². The van der Waals surface area contributed by atoms with Crippen LogP contribution < -0.4 is 10.1 Å². The van der Waals surface area contributed by atoms with Gasteiger partial charge in [-0.1, -0.05) is 50.2 Å². The van der Waals surface area contributed by atoms with E-state index >= 15 is 0 Å². The molecular weight excluding hydrogens is 320 g/mol. The number of piperazine rings is 1. The van der Waals surface area contributed by atoms with Gasteiger partial charge in [0.15, 0.2) is 0 Å². The fourth-order valence-corrected chi connectivity index (χ4v) is 4.77. The largest absolute Gasteiger partial charge is 0.497 e. The summed E-state index contributed by atoms with van der Waals surface area (Å²) in [5.74, 6) is 1.49. The quantitative estimate of drug-likeness (QED) is 0.859. The molecule has 2 heterocycles. The van der Waals surface area contributed by atoms with Gasteiger partial charge in [0.25, 0.3) is 0 Å². The number of ether oxygens (including phenoxy) is 1. The van der Waals surface area contributed by atoms with Crippen molar-refractivity contribution in [2.75, 3.05) is 13.7 Å². The summed E-state index contributed by atoms with van der Waals surface area (Å²) in [5.41, 5.74) is 4.35. The predicted octanol–water partition coefficient (Wildman–Crippen LogP) is 4.50. The van der Waals surface area contributed by atoms with Crippen LogP contribution in [0.3, 0.4) is 0 Å².